The van der Waals surface area contributed by atoms with Crippen LogP contribution in [0, 0.1) is 10.1 Å². The first-order valence-electron chi connectivity index (χ1n) is 9.47. The highest BCUT2D eigenvalue weighted by Crippen LogP contribution is 2.40. The third kappa shape index (κ3) is 3.17. The first kappa shape index (κ1) is 19.1. The zero-order valence-electron chi connectivity index (χ0n) is 16.7. The lowest BCUT2D eigenvalue weighted by atomic mass is 10.0. The van der Waals surface area contributed by atoms with E-state index in [1.165, 1.54) is 17.4 Å². The maximum absolute atomic E-state index is 11.2. The van der Waals surface area contributed by atoms with E-state index >= 15 is 0 Å². The summed E-state index contributed by atoms with van der Waals surface area (Å²) in [5, 5.41) is 11.2. The molecule has 0 atom stereocenters. The molecule has 2 heterocycles. The quantitative estimate of drug-likeness (QED) is 0.259. The van der Waals surface area contributed by atoms with Crippen LogP contribution in [-0.4, -0.2) is 28.5 Å². The van der Waals surface area contributed by atoms with Crippen LogP contribution in [0.4, 0.5) is 5.69 Å². The molecule has 5 rings (SSSR count). The van der Waals surface area contributed by atoms with Gasteiger partial charge in [-0.2, -0.15) is 0 Å². The highest BCUT2D eigenvalue weighted by Gasteiger charge is 2.21. The first-order valence-corrected chi connectivity index (χ1v) is 10.3. The van der Waals surface area contributed by atoms with Crippen molar-refractivity contribution in [2.75, 3.05) is 14.2 Å². The molecule has 0 amide bonds. The highest BCUT2D eigenvalue weighted by molar-refractivity contribution is 7.23. The summed E-state index contributed by atoms with van der Waals surface area (Å²) in [6.07, 6.45) is 0. The van der Waals surface area contributed by atoms with Crippen molar-refractivity contribution < 1.29 is 14.4 Å². The number of aromatic nitrogens is 2. The second-order valence-corrected chi connectivity index (χ2v) is 7.90. The van der Waals surface area contributed by atoms with E-state index in [2.05, 4.69) is 4.40 Å². The zero-order valence-corrected chi connectivity index (χ0v) is 17.6. The average Bonchev–Trinajstić information content (AvgIpc) is 3.34. The number of nitrogens with zero attached hydrogens (tertiary/aromatic N) is 3. The Hall–Kier alpha value is -3.91. The SMILES string of the molecule is COc1ccc(-c2nc3sc4cc([N+](=O)[O-])ccc4n3c2-c2ccc(OC)cc2)cc1. The van der Waals surface area contributed by atoms with Crippen LogP contribution in [0.3, 0.4) is 0 Å². The lowest BCUT2D eigenvalue weighted by molar-refractivity contribution is -0.384. The predicted octanol–water partition coefficient (Wildman–Crippen LogP) is 5.81. The minimum Gasteiger partial charge on any atom is -0.497 e. The van der Waals surface area contributed by atoms with Gasteiger partial charge < -0.3 is 9.47 Å². The Kier molecular flexibility index (Phi) is 4.56. The molecule has 0 aliphatic heterocycles. The number of rotatable bonds is 5. The topological polar surface area (TPSA) is 78.9 Å². The fourth-order valence-electron chi connectivity index (χ4n) is 3.64. The van der Waals surface area contributed by atoms with Gasteiger partial charge in [0.1, 0.15) is 11.5 Å². The Labute approximate surface area is 181 Å². The van der Waals surface area contributed by atoms with Crippen molar-refractivity contribution in [1.82, 2.24) is 9.38 Å². The normalized spacial score (nSPS) is 11.2. The molecule has 7 nitrogen and oxygen atoms in total. The van der Waals surface area contributed by atoms with Gasteiger partial charge in [-0.3, -0.25) is 14.5 Å². The van der Waals surface area contributed by atoms with Crippen LogP contribution in [0.15, 0.2) is 66.7 Å². The Morgan fingerprint density at radius 3 is 2.10 bits per heavy atom. The van der Waals surface area contributed by atoms with E-state index in [-0.39, 0.29) is 10.6 Å². The van der Waals surface area contributed by atoms with Gasteiger partial charge in [0.2, 0.25) is 0 Å². The third-order valence-electron chi connectivity index (χ3n) is 5.17. The van der Waals surface area contributed by atoms with Gasteiger partial charge in [-0.05, 0) is 54.6 Å². The Morgan fingerprint density at radius 1 is 0.903 bits per heavy atom. The van der Waals surface area contributed by atoms with Gasteiger partial charge in [-0.1, -0.05) is 11.3 Å². The number of nitro benzene ring substituents is 1. The maximum atomic E-state index is 11.2. The van der Waals surface area contributed by atoms with E-state index in [1.807, 2.05) is 48.5 Å². The molecule has 0 saturated carbocycles. The summed E-state index contributed by atoms with van der Waals surface area (Å²) in [5.74, 6) is 1.54. The van der Waals surface area contributed by atoms with Crippen molar-refractivity contribution in [3.8, 4) is 34.0 Å². The van der Waals surface area contributed by atoms with E-state index in [1.54, 1.807) is 26.4 Å². The molecule has 154 valence electrons. The number of non-ortho nitro benzene ring substituents is 1. The van der Waals surface area contributed by atoms with Crippen molar-refractivity contribution in [3.05, 3.63) is 76.8 Å². The predicted molar refractivity (Wildman–Crippen MR) is 121 cm³/mol. The Bertz CT molecular complexity index is 1420. The molecule has 0 aliphatic carbocycles. The van der Waals surface area contributed by atoms with Crippen LogP contribution in [0.2, 0.25) is 0 Å². The van der Waals surface area contributed by atoms with Gasteiger partial charge in [0.25, 0.3) is 5.69 Å². The molecule has 0 spiro atoms. The van der Waals surface area contributed by atoms with Crippen LogP contribution in [-0.2, 0) is 0 Å². The molecule has 31 heavy (non-hydrogen) atoms. The van der Waals surface area contributed by atoms with Gasteiger partial charge in [0.15, 0.2) is 4.96 Å². The number of thiazole rings is 1. The molecular formula is C23H17N3O4S. The van der Waals surface area contributed by atoms with Crippen LogP contribution >= 0.6 is 11.3 Å². The summed E-state index contributed by atoms with van der Waals surface area (Å²) in [6.45, 7) is 0. The van der Waals surface area contributed by atoms with Crippen molar-refractivity contribution in [2.24, 2.45) is 0 Å². The molecular weight excluding hydrogens is 414 g/mol. The molecule has 8 heteroatoms. The van der Waals surface area contributed by atoms with Crippen LogP contribution in [0.5, 0.6) is 11.5 Å². The van der Waals surface area contributed by atoms with Gasteiger partial charge in [0.05, 0.1) is 40.7 Å². The second kappa shape index (κ2) is 7.41. The minimum absolute atomic E-state index is 0.0679. The summed E-state index contributed by atoms with van der Waals surface area (Å²) in [5.41, 5.74) is 4.62. The number of hydrogen-bond donors (Lipinski definition) is 0. The summed E-state index contributed by atoms with van der Waals surface area (Å²) in [7, 11) is 3.27. The van der Waals surface area contributed by atoms with Crippen molar-refractivity contribution in [3.63, 3.8) is 0 Å². The number of fused-ring (bicyclic) bond motifs is 3. The largest absolute Gasteiger partial charge is 0.497 e. The smallest absolute Gasteiger partial charge is 0.270 e. The highest BCUT2D eigenvalue weighted by atomic mass is 32.1. The minimum atomic E-state index is -0.380. The Balaban J connectivity index is 1.79. The molecule has 0 radical (unpaired) electrons. The molecule has 2 aromatic heterocycles. The molecule has 0 unspecified atom stereocenters. The van der Waals surface area contributed by atoms with Crippen LogP contribution < -0.4 is 9.47 Å². The molecule has 0 fully saturated rings. The average molecular weight is 431 g/mol. The first-order chi connectivity index (χ1) is 15.1. The summed E-state index contributed by atoms with van der Waals surface area (Å²) in [4.78, 5) is 16.5. The molecule has 0 saturated heterocycles. The number of methoxy groups -OCH3 is 2. The number of ether oxygens (including phenoxy) is 2. The molecule has 5 aromatic rings. The third-order valence-corrected chi connectivity index (χ3v) is 6.17. The maximum Gasteiger partial charge on any atom is 0.270 e. The van der Waals surface area contributed by atoms with E-state index in [4.69, 9.17) is 14.5 Å². The summed E-state index contributed by atoms with van der Waals surface area (Å²) < 4.78 is 13.5. The number of hydrogen-bond acceptors (Lipinski definition) is 6. The number of imidazole rings is 1. The molecule has 0 aliphatic rings. The van der Waals surface area contributed by atoms with Crippen molar-refractivity contribution in [2.45, 2.75) is 0 Å². The lowest BCUT2D eigenvalue weighted by Crippen LogP contribution is -1.91. The van der Waals surface area contributed by atoms with Gasteiger partial charge in [0, 0.05) is 23.3 Å². The molecule has 0 bridgehead atoms. The summed E-state index contributed by atoms with van der Waals surface area (Å²) in [6, 6.07) is 20.5. The Morgan fingerprint density at radius 2 is 1.52 bits per heavy atom. The van der Waals surface area contributed by atoms with Gasteiger partial charge >= 0.3 is 0 Å². The van der Waals surface area contributed by atoms with E-state index in [0.717, 1.165) is 49.2 Å². The van der Waals surface area contributed by atoms with Crippen LogP contribution in [0.25, 0.3) is 37.7 Å². The zero-order chi connectivity index (χ0) is 21.5. The summed E-state index contributed by atoms with van der Waals surface area (Å²) >= 11 is 1.43. The van der Waals surface area contributed by atoms with E-state index in [9.17, 15) is 10.1 Å². The fraction of sp³-hybridized carbons (Fsp3) is 0.0870. The van der Waals surface area contributed by atoms with Crippen molar-refractivity contribution >= 4 is 32.2 Å². The number of benzene rings is 3. The van der Waals surface area contributed by atoms with Crippen LogP contribution in [0.1, 0.15) is 0 Å². The standard InChI is InChI=1S/C23H17N3O4S/c1-29-17-8-3-14(4-9-17)21-22(15-5-10-18(30-2)11-6-15)25-19-12-7-16(26(27)28)13-20(19)31-23(25)24-21/h3-13H,1-2H3. The second-order valence-electron chi connectivity index (χ2n) is 6.90. The lowest BCUT2D eigenvalue weighted by Gasteiger charge is -2.08. The molecule has 3 aromatic carbocycles. The van der Waals surface area contributed by atoms with E-state index < -0.39 is 0 Å². The fourth-order valence-corrected chi connectivity index (χ4v) is 4.70. The van der Waals surface area contributed by atoms with Gasteiger partial charge in [-0.15, -0.1) is 0 Å². The number of nitro groups is 1. The molecule has 0 N–H and O–H groups in total. The monoisotopic (exact) mass is 431 g/mol. The van der Waals surface area contributed by atoms with Gasteiger partial charge in [-0.25, -0.2) is 4.98 Å². The van der Waals surface area contributed by atoms with E-state index in [0.29, 0.717) is 0 Å². The van der Waals surface area contributed by atoms with Crippen molar-refractivity contribution in [1.29, 1.82) is 0 Å².